The summed E-state index contributed by atoms with van der Waals surface area (Å²) in [5.74, 6) is 0. The van der Waals surface area contributed by atoms with Crippen LogP contribution in [0.3, 0.4) is 0 Å². The monoisotopic (exact) mass is 478 g/mol. The standard InChI is InChI=1S/C15H20P.C10H9.2ClH.Ti/c1-3-9-16(10-4-2)15-11-13-7-5-6-8-14(13)12-15;1-8-6-9-4-2-3-5-10(9)7-8;;;/h5-8,11-12H,3-4,9-10H2,1-2H3;2-7H,1H3;2*1H;/q2*-1;;;+2/p-2. The molecule has 0 bridgehead atoms. The van der Waals surface area contributed by atoms with Gasteiger partial charge in [0.05, 0.1) is 0 Å². The number of rotatable bonds is 5. The van der Waals surface area contributed by atoms with Crippen LogP contribution in [0.1, 0.15) is 32.3 Å². The van der Waals surface area contributed by atoms with Gasteiger partial charge in [-0.05, 0) is 12.3 Å². The van der Waals surface area contributed by atoms with Crippen molar-refractivity contribution in [3.8, 4) is 0 Å². The second kappa shape index (κ2) is 13.6. The second-order valence-electron chi connectivity index (χ2n) is 7.06. The fraction of sp³-hybridized carbons (Fsp3) is 0.280. The Morgan fingerprint density at radius 1 is 0.793 bits per heavy atom. The molecule has 0 aromatic heterocycles. The van der Waals surface area contributed by atoms with Crippen molar-refractivity contribution in [3.63, 3.8) is 0 Å². The van der Waals surface area contributed by atoms with E-state index in [2.05, 4.69) is 93.6 Å². The third-order valence-electron chi connectivity index (χ3n) is 4.72. The van der Waals surface area contributed by atoms with Crippen molar-refractivity contribution in [2.24, 2.45) is 0 Å². The molecule has 0 atom stereocenters. The molecule has 154 valence electrons. The quantitative estimate of drug-likeness (QED) is 0.153. The van der Waals surface area contributed by atoms with Gasteiger partial charge in [-0.2, -0.15) is 12.1 Å². The molecule has 4 aromatic rings. The molecule has 0 spiro atoms. The van der Waals surface area contributed by atoms with Crippen LogP contribution in [0.4, 0.5) is 0 Å². The third-order valence-corrected chi connectivity index (χ3v) is 7.68. The molecule has 0 heterocycles. The number of halogens is 2. The predicted molar refractivity (Wildman–Crippen MR) is 132 cm³/mol. The van der Waals surface area contributed by atoms with Crippen molar-refractivity contribution in [3.05, 3.63) is 78.4 Å². The van der Waals surface area contributed by atoms with Crippen LogP contribution >= 0.6 is 26.5 Å². The van der Waals surface area contributed by atoms with Crippen molar-refractivity contribution < 1.29 is 17.0 Å². The van der Waals surface area contributed by atoms with Gasteiger partial charge < -0.3 is 0 Å². The first-order valence-corrected chi connectivity index (χ1v) is 16.1. The Morgan fingerprint density at radius 2 is 1.28 bits per heavy atom. The van der Waals surface area contributed by atoms with E-state index >= 15 is 0 Å². The van der Waals surface area contributed by atoms with Crippen LogP contribution in [0.2, 0.25) is 0 Å². The summed E-state index contributed by atoms with van der Waals surface area (Å²) >= 11 is -0.556. The van der Waals surface area contributed by atoms with Crippen molar-refractivity contribution in [1.82, 2.24) is 0 Å². The zero-order valence-electron chi connectivity index (χ0n) is 17.5. The van der Waals surface area contributed by atoms with Gasteiger partial charge in [0.2, 0.25) is 0 Å². The van der Waals surface area contributed by atoms with Crippen LogP contribution in [-0.2, 0) is 17.0 Å². The Labute approximate surface area is 193 Å². The Bertz CT molecular complexity index is 901. The van der Waals surface area contributed by atoms with E-state index < -0.39 is 17.0 Å². The van der Waals surface area contributed by atoms with E-state index in [0.717, 1.165) is 0 Å². The molecule has 0 amide bonds. The van der Waals surface area contributed by atoms with E-state index in [9.17, 15) is 0 Å². The molecular formula is C25H29Cl2PTi-2. The molecule has 4 rings (SSSR count). The molecule has 29 heavy (non-hydrogen) atoms. The van der Waals surface area contributed by atoms with Crippen LogP contribution in [0, 0.1) is 6.92 Å². The maximum absolute atomic E-state index is 4.89. The van der Waals surface area contributed by atoms with Gasteiger partial charge in [0.1, 0.15) is 0 Å². The maximum atomic E-state index is 4.89. The summed E-state index contributed by atoms with van der Waals surface area (Å²) in [6.07, 6.45) is 5.40. The Kier molecular flexibility index (Phi) is 11.6. The summed E-state index contributed by atoms with van der Waals surface area (Å²) < 4.78 is 0. The van der Waals surface area contributed by atoms with Gasteiger partial charge in [-0.25, -0.2) is 0 Å². The molecule has 0 aliphatic heterocycles. The number of aryl methyl sites for hydroxylation is 1. The first-order valence-electron chi connectivity index (χ1n) is 10.1. The minimum atomic E-state index is -0.556. The summed E-state index contributed by atoms with van der Waals surface area (Å²) in [4.78, 5) is 0. The molecule has 0 unspecified atom stereocenters. The molecule has 0 saturated heterocycles. The van der Waals surface area contributed by atoms with Crippen LogP contribution < -0.4 is 5.30 Å². The van der Waals surface area contributed by atoms with E-state index in [-0.39, 0.29) is 7.92 Å². The summed E-state index contributed by atoms with van der Waals surface area (Å²) in [5, 5.41) is 7.13. The SMILES string of the molecule is CCCP(CCC)c1cc2ccccc2[cH-]1.Cc1cc2ccccc2[cH-]1.[Cl][Ti][Cl]. The summed E-state index contributed by atoms with van der Waals surface area (Å²) in [7, 11) is 9.88. The average molecular weight is 479 g/mol. The summed E-state index contributed by atoms with van der Waals surface area (Å²) in [6.45, 7) is 6.72. The fourth-order valence-corrected chi connectivity index (χ4v) is 6.00. The summed E-state index contributed by atoms with van der Waals surface area (Å²) in [5.41, 5.74) is 1.35. The van der Waals surface area contributed by atoms with E-state index in [1.165, 1.54) is 52.3 Å². The molecule has 0 N–H and O–H groups in total. The molecule has 0 radical (unpaired) electrons. The van der Waals surface area contributed by atoms with Crippen molar-refractivity contribution in [2.45, 2.75) is 33.6 Å². The van der Waals surface area contributed by atoms with Gasteiger partial charge in [0.15, 0.2) is 0 Å². The zero-order valence-corrected chi connectivity index (χ0v) is 21.4. The molecule has 0 aliphatic rings. The van der Waals surface area contributed by atoms with E-state index in [0.29, 0.717) is 0 Å². The Morgan fingerprint density at radius 3 is 1.76 bits per heavy atom. The normalized spacial score (nSPS) is 10.4. The Balaban J connectivity index is 0.000000196. The fourth-order valence-electron chi connectivity index (χ4n) is 3.53. The number of hydrogen-bond donors (Lipinski definition) is 0. The van der Waals surface area contributed by atoms with Crippen molar-refractivity contribution in [2.75, 3.05) is 12.3 Å². The number of fused-ring (bicyclic) bond motifs is 2. The van der Waals surface area contributed by atoms with Crippen LogP contribution in [-0.4, -0.2) is 12.3 Å². The minimum absolute atomic E-state index is 0.0972. The third kappa shape index (κ3) is 7.86. The molecule has 0 fully saturated rings. The van der Waals surface area contributed by atoms with Crippen molar-refractivity contribution >= 4 is 53.4 Å². The molecule has 4 heteroatoms. The average Bonchev–Trinajstić information content (AvgIpc) is 3.31. The Hall–Kier alpha value is -0.616. The zero-order chi connectivity index (χ0) is 21.1. The van der Waals surface area contributed by atoms with Crippen molar-refractivity contribution in [1.29, 1.82) is 0 Å². The summed E-state index contributed by atoms with van der Waals surface area (Å²) in [6, 6.07) is 26.4. The molecule has 0 aliphatic carbocycles. The molecule has 0 nitrogen and oxygen atoms in total. The topological polar surface area (TPSA) is 0 Å². The number of hydrogen-bond acceptors (Lipinski definition) is 0. The molecular weight excluding hydrogens is 450 g/mol. The van der Waals surface area contributed by atoms with Gasteiger partial charge in [-0.3, -0.25) is 0 Å². The van der Waals surface area contributed by atoms with Crippen LogP contribution in [0.25, 0.3) is 21.5 Å². The van der Waals surface area contributed by atoms with Gasteiger partial charge >= 0.3 is 35.6 Å². The predicted octanol–water partition coefficient (Wildman–Crippen LogP) is 8.73. The van der Waals surface area contributed by atoms with E-state index in [4.69, 9.17) is 18.6 Å². The van der Waals surface area contributed by atoms with Gasteiger partial charge in [-0.15, -0.1) is 80.9 Å². The van der Waals surface area contributed by atoms with E-state index in [1.807, 2.05) is 0 Å². The van der Waals surface area contributed by atoms with Gasteiger partial charge in [0, 0.05) is 0 Å². The molecule has 4 aromatic carbocycles. The number of benzene rings is 2. The van der Waals surface area contributed by atoms with Crippen LogP contribution in [0.5, 0.6) is 0 Å². The first kappa shape index (κ1) is 24.7. The molecule has 0 saturated carbocycles. The second-order valence-corrected chi connectivity index (χ2v) is 12.1. The van der Waals surface area contributed by atoms with E-state index in [1.54, 1.807) is 5.30 Å². The van der Waals surface area contributed by atoms with Crippen LogP contribution in [0.15, 0.2) is 72.8 Å². The van der Waals surface area contributed by atoms with Gasteiger partial charge in [-0.1, -0.05) is 53.7 Å². The van der Waals surface area contributed by atoms with Gasteiger partial charge in [0.25, 0.3) is 0 Å². The first-order chi connectivity index (χ1) is 14.1.